The van der Waals surface area contributed by atoms with Gasteiger partial charge in [-0.1, -0.05) is 7.43 Å². The van der Waals surface area contributed by atoms with Crippen molar-refractivity contribution >= 4 is 45.5 Å². The van der Waals surface area contributed by atoms with Gasteiger partial charge in [-0.2, -0.15) is 27.0 Å². The van der Waals surface area contributed by atoms with Gasteiger partial charge < -0.3 is 39.8 Å². The van der Waals surface area contributed by atoms with E-state index in [1.165, 1.54) is 0 Å². The first-order chi connectivity index (χ1) is 11.9. The lowest BCUT2D eigenvalue weighted by atomic mass is 10.2. The van der Waals surface area contributed by atoms with E-state index in [-0.39, 0.29) is 59.0 Å². The molecule has 2 aliphatic rings. The fourth-order valence-corrected chi connectivity index (χ4v) is 1.84. The highest BCUT2D eigenvalue weighted by molar-refractivity contribution is 7.59. The summed E-state index contributed by atoms with van der Waals surface area (Å²) in [5.41, 5.74) is 4.83. The van der Waals surface area contributed by atoms with Crippen LogP contribution in [-0.4, -0.2) is 88.8 Å². The molecule has 2 saturated heterocycles. The van der Waals surface area contributed by atoms with Crippen LogP contribution in [-0.2, 0) is 23.7 Å². The first-order valence-corrected chi connectivity index (χ1v) is 8.41. The maximum absolute atomic E-state index is 11.3. The Morgan fingerprint density at radius 3 is 1.79 bits per heavy atom. The van der Waals surface area contributed by atoms with Gasteiger partial charge in [0.05, 0.1) is 51.8 Å². The number of carbonyl (C=O) groups is 1. The second-order valence-corrected chi connectivity index (χ2v) is 6.25. The Kier molecular flexibility index (Phi) is 33.1. The van der Waals surface area contributed by atoms with Gasteiger partial charge in [-0.15, -0.1) is 12.4 Å². The topological polar surface area (TPSA) is 122 Å². The molecule has 0 unspecified atom stereocenters. The lowest BCUT2D eigenvalue weighted by Crippen LogP contribution is -2.41. The summed E-state index contributed by atoms with van der Waals surface area (Å²) in [4.78, 5) is 11.3. The molecule has 2 rings (SSSR count). The predicted octanol–water partition coefficient (Wildman–Crippen LogP) is 1.18. The minimum absolute atomic E-state index is 0. The fourth-order valence-electron chi connectivity index (χ4n) is 1.84. The van der Waals surface area contributed by atoms with Crippen LogP contribution >= 0.6 is 39.4 Å². The number of aliphatic hydroxyl groups excluding tert-OH is 1. The zero-order chi connectivity index (χ0) is 19.1. The van der Waals surface area contributed by atoms with Crippen molar-refractivity contribution in [2.75, 3.05) is 59.8 Å². The van der Waals surface area contributed by atoms with Crippen LogP contribution in [0.3, 0.4) is 0 Å². The zero-order valence-corrected chi connectivity index (χ0v) is 20.0. The summed E-state index contributed by atoms with van der Waals surface area (Å²) in [6.07, 6.45) is -0.341. The van der Waals surface area contributed by atoms with Gasteiger partial charge in [0.2, 0.25) is 0 Å². The second kappa shape index (κ2) is 24.3. The minimum Gasteiger partial charge on any atom is -0.444 e. The lowest BCUT2D eigenvalue weighted by molar-refractivity contribution is -0.0864. The molecule has 12 heteroatoms. The van der Waals surface area contributed by atoms with E-state index in [9.17, 15) is 4.79 Å². The molecule has 4 N–H and O–H groups in total. The Bertz CT molecular complexity index is 342. The van der Waals surface area contributed by atoms with Crippen LogP contribution in [0.4, 0.5) is 4.79 Å². The van der Waals surface area contributed by atoms with Gasteiger partial charge in [-0.3, -0.25) is 0 Å². The van der Waals surface area contributed by atoms with E-state index in [0.717, 1.165) is 13.7 Å². The summed E-state index contributed by atoms with van der Waals surface area (Å²) >= 11 is 0. The Morgan fingerprint density at radius 1 is 1.03 bits per heavy atom. The third-order valence-electron chi connectivity index (χ3n) is 2.91. The van der Waals surface area contributed by atoms with Gasteiger partial charge in [0, 0.05) is 20.2 Å². The molecule has 29 heavy (non-hydrogen) atoms. The second-order valence-electron chi connectivity index (χ2n) is 6.25. The van der Waals surface area contributed by atoms with Crippen molar-refractivity contribution in [2.45, 2.75) is 46.0 Å². The Labute approximate surface area is 196 Å². The van der Waals surface area contributed by atoms with E-state index in [1.54, 1.807) is 0 Å². The molecule has 1 amide bonds. The third kappa shape index (κ3) is 24.2. The molecule has 2 aliphatic heterocycles. The van der Waals surface area contributed by atoms with E-state index in [4.69, 9.17) is 34.5 Å². The van der Waals surface area contributed by atoms with Crippen LogP contribution in [0.25, 0.3) is 0 Å². The molecule has 0 aromatic rings. The van der Waals surface area contributed by atoms with E-state index in [0.29, 0.717) is 46.1 Å². The van der Waals surface area contributed by atoms with Crippen molar-refractivity contribution in [1.29, 1.82) is 0 Å². The highest BCUT2D eigenvalue weighted by Crippen LogP contribution is 2.06. The Hall–Kier alpha value is 0.0200. The smallest absolute Gasteiger partial charge is 0.407 e. The van der Waals surface area contributed by atoms with Crippen LogP contribution in [0.2, 0.25) is 0 Å². The third-order valence-corrected chi connectivity index (χ3v) is 2.91. The van der Waals surface area contributed by atoms with Crippen molar-refractivity contribution in [3.05, 3.63) is 0 Å². The molecular weight excluding hydrogens is 444 g/mol. The van der Waals surface area contributed by atoms with E-state index in [1.807, 2.05) is 20.8 Å². The van der Waals surface area contributed by atoms with E-state index >= 15 is 0 Å². The number of nitrogens with one attached hydrogen (secondary N) is 1. The molecular formula is C17H43ClN2O7S2. The first kappa shape index (κ1) is 39.5. The minimum atomic E-state index is -0.464. The number of hydrogen-bond donors (Lipinski definition) is 3. The first-order valence-electron chi connectivity index (χ1n) is 8.41. The molecule has 9 nitrogen and oxygen atoms in total. The number of alkyl carbamates (subject to hydrolysis) is 1. The molecule has 0 aliphatic carbocycles. The number of hydrogen-bond acceptors (Lipinski definition) is 8. The van der Waals surface area contributed by atoms with Gasteiger partial charge in [0.25, 0.3) is 0 Å². The molecule has 0 spiro atoms. The van der Waals surface area contributed by atoms with Gasteiger partial charge >= 0.3 is 6.09 Å². The number of halogens is 1. The highest BCUT2D eigenvalue weighted by Gasteiger charge is 2.19. The van der Waals surface area contributed by atoms with Crippen molar-refractivity contribution < 1.29 is 33.6 Å². The van der Waals surface area contributed by atoms with Crippen LogP contribution in [0, 0.1) is 0 Å². The number of rotatable bonds is 3. The van der Waals surface area contributed by atoms with Crippen molar-refractivity contribution in [3.63, 3.8) is 0 Å². The van der Waals surface area contributed by atoms with Crippen LogP contribution < -0.4 is 11.1 Å². The summed E-state index contributed by atoms with van der Waals surface area (Å²) in [5.74, 6) is 0. The van der Waals surface area contributed by atoms with E-state index in [2.05, 4.69) is 5.32 Å². The number of amides is 1. The average Bonchev–Trinajstić information content (AvgIpc) is 2.62. The van der Waals surface area contributed by atoms with Crippen molar-refractivity contribution in [3.8, 4) is 0 Å². The van der Waals surface area contributed by atoms with Gasteiger partial charge in [-0.05, 0) is 20.8 Å². The zero-order valence-electron chi connectivity index (χ0n) is 17.2. The number of ether oxygens (including phenoxy) is 5. The summed E-state index contributed by atoms with van der Waals surface area (Å²) in [5, 5.41) is 9.64. The number of nitrogens with two attached hydrogens (primary N) is 1. The van der Waals surface area contributed by atoms with Gasteiger partial charge in [0.15, 0.2) is 0 Å². The highest BCUT2D eigenvalue weighted by atomic mass is 35.5. The Morgan fingerprint density at radius 2 is 1.48 bits per heavy atom. The van der Waals surface area contributed by atoms with Crippen LogP contribution in [0.15, 0.2) is 0 Å². The van der Waals surface area contributed by atoms with Crippen LogP contribution in [0.5, 0.6) is 0 Å². The number of aliphatic hydroxyl groups is 1. The SMILES string of the molecule is C.CC(C)(C)OC(=O)NC[C@H]1COCCO1.CO.Cl.NC[C@H]1COCCO1.S.S. The molecule has 0 radical (unpaired) electrons. The summed E-state index contributed by atoms with van der Waals surface area (Å²) in [7, 11) is 1.00. The van der Waals surface area contributed by atoms with Crippen LogP contribution in [0.1, 0.15) is 28.2 Å². The molecule has 0 bridgehead atoms. The summed E-state index contributed by atoms with van der Waals surface area (Å²) < 4.78 is 25.9. The average molecular weight is 487 g/mol. The van der Waals surface area contributed by atoms with Crippen molar-refractivity contribution in [2.24, 2.45) is 5.73 Å². The van der Waals surface area contributed by atoms with Crippen molar-refractivity contribution in [1.82, 2.24) is 5.32 Å². The summed E-state index contributed by atoms with van der Waals surface area (Å²) in [6, 6.07) is 0. The normalized spacial score (nSPS) is 20.1. The summed E-state index contributed by atoms with van der Waals surface area (Å²) in [6.45, 7) is 10.3. The number of carbonyl (C=O) groups excluding carboxylic acids is 1. The predicted molar refractivity (Wildman–Crippen MR) is 127 cm³/mol. The van der Waals surface area contributed by atoms with Gasteiger partial charge in [-0.25, -0.2) is 4.79 Å². The molecule has 2 fully saturated rings. The van der Waals surface area contributed by atoms with Gasteiger partial charge in [0.1, 0.15) is 5.60 Å². The maximum atomic E-state index is 11.3. The lowest BCUT2D eigenvalue weighted by Gasteiger charge is -2.24. The molecule has 2 atom stereocenters. The fraction of sp³-hybridized carbons (Fsp3) is 0.941. The Balaban J connectivity index is -0.000000119. The molecule has 0 aromatic heterocycles. The monoisotopic (exact) mass is 486 g/mol. The standard InChI is InChI=1S/C10H19NO4.C5H11NO2.CH4O.CH4.ClH.2H2S/c1-10(2,3)15-9(12)11-6-8-7-13-4-5-14-8;6-3-5-4-7-1-2-8-5;1-2;;;;/h8H,4-7H2,1-3H3,(H,11,12);5H,1-4,6H2;2H,1H3;1H4;1H;2*1H2/t8-;5-;;;;;/m00...../s1. The molecule has 182 valence electrons. The molecule has 0 saturated carbocycles. The van der Waals surface area contributed by atoms with E-state index < -0.39 is 11.7 Å². The quantitative estimate of drug-likeness (QED) is 0.543. The molecule has 0 aromatic carbocycles. The largest absolute Gasteiger partial charge is 0.444 e. The maximum Gasteiger partial charge on any atom is 0.407 e. The molecule has 2 heterocycles.